The van der Waals surface area contributed by atoms with Gasteiger partial charge in [0.25, 0.3) is 0 Å². The molecule has 0 aromatic carbocycles. The molecule has 17 heavy (non-hydrogen) atoms. The minimum atomic E-state index is 0.926. The van der Waals surface area contributed by atoms with Crippen LogP contribution in [-0.4, -0.2) is 18.1 Å². The lowest BCUT2D eigenvalue weighted by molar-refractivity contribution is 0.427. The van der Waals surface area contributed by atoms with Crippen molar-refractivity contribution < 1.29 is 0 Å². The highest BCUT2D eigenvalue weighted by Gasteiger charge is 2.11. The van der Waals surface area contributed by atoms with E-state index >= 15 is 0 Å². The van der Waals surface area contributed by atoms with E-state index < -0.39 is 0 Å². The molecular weight excluding hydrogens is 208 g/mol. The van der Waals surface area contributed by atoms with Gasteiger partial charge in [0.1, 0.15) is 0 Å². The zero-order valence-corrected chi connectivity index (χ0v) is 10.7. The fraction of sp³-hybridized carbons (Fsp3) is 0.667. The highest BCUT2D eigenvalue weighted by Crippen LogP contribution is 2.21. The van der Waals surface area contributed by atoms with Crippen molar-refractivity contribution in [1.82, 2.24) is 10.3 Å². The van der Waals surface area contributed by atoms with Crippen molar-refractivity contribution in [1.29, 1.82) is 0 Å². The van der Waals surface area contributed by atoms with E-state index in [1.165, 1.54) is 50.6 Å². The van der Waals surface area contributed by atoms with Crippen LogP contribution < -0.4 is 5.32 Å². The van der Waals surface area contributed by atoms with Gasteiger partial charge in [0.2, 0.25) is 0 Å². The monoisotopic (exact) mass is 232 g/mol. The Bertz CT molecular complexity index is 289. The summed E-state index contributed by atoms with van der Waals surface area (Å²) < 4.78 is 0. The van der Waals surface area contributed by atoms with Crippen LogP contribution in [0.4, 0.5) is 0 Å². The molecule has 1 aromatic rings. The van der Waals surface area contributed by atoms with Gasteiger partial charge in [-0.25, -0.2) is 0 Å². The SMILES string of the molecule is c1cc(CCNCC2CCCCCC2)ccn1. The highest BCUT2D eigenvalue weighted by molar-refractivity contribution is 5.09. The third kappa shape index (κ3) is 4.86. The lowest BCUT2D eigenvalue weighted by Crippen LogP contribution is -2.24. The molecule has 0 atom stereocenters. The van der Waals surface area contributed by atoms with E-state index in [1.54, 1.807) is 0 Å². The van der Waals surface area contributed by atoms with Gasteiger partial charge in [0.05, 0.1) is 0 Å². The lowest BCUT2D eigenvalue weighted by atomic mass is 10.0. The average Bonchev–Trinajstić information content (AvgIpc) is 2.65. The Morgan fingerprint density at radius 1 is 1.06 bits per heavy atom. The predicted octanol–water partition coefficient (Wildman–Crippen LogP) is 3.18. The molecule has 0 saturated heterocycles. The number of rotatable bonds is 5. The van der Waals surface area contributed by atoms with Crippen LogP contribution in [0.25, 0.3) is 0 Å². The van der Waals surface area contributed by atoms with Crippen LogP contribution in [0.1, 0.15) is 44.1 Å². The van der Waals surface area contributed by atoms with E-state index in [4.69, 9.17) is 0 Å². The molecule has 0 spiro atoms. The maximum Gasteiger partial charge on any atom is 0.0270 e. The van der Waals surface area contributed by atoms with Gasteiger partial charge in [-0.1, -0.05) is 25.7 Å². The van der Waals surface area contributed by atoms with Crippen molar-refractivity contribution in [2.45, 2.75) is 44.9 Å². The maximum absolute atomic E-state index is 4.04. The first-order valence-corrected chi connectivity index (χ1v) is 7.05. The molecule has 0 unspecified atom stereocenters. The summed E-state index contributed by atoms with van der Waals surface area (Å²) in [7, 11) is 0. The zero-order chi connectivity index (χ0) is 11.8. The quantitative estimate of drug-likeness (QED) is 0.623. The average molecular weight is 232 g/mol. The van der Waals surface area contributed by atoms with E-state index in [0.717, 1.165) is 18.9 Å². The van der Waals surface area contributed by atoms with Gasteiger partial charge < -0.3 is 5.32 Å². The van der Waals surface area contributed by atoms with Gasteiger partial charge in [-0.3, -0.25) is 4.98 Å². The Morgan fingerprint density at radius 3 is 2.47 bits per heavy atom. The third-order valence-corrected chi connectivity index (χ3v) is 3.75. The summed E-state index contributed by atoms with van der Waals surface area (Å²) in [5, 5.41) is 3.61. The first-order valence-electron chi connectivity index (χ1n) is 7.05. The minimum absolute atomic E-state index is 0.926. The second-order valence-electron chi connectivity index (χ2n) is 5.17. The molecule has 0 radical (unpaired) electrons. The summed E-state index contributed by atoms with van der Waals surface area (Å²) in [6, 6.07) is 4.21. The van der Waals surface area contributed by atoms with Crippen LogP contribution in [-0.2, 0) is 6.42 Å². The molecule has 1 N–H and O–H groups in total. The van der Waals surface area contributed by atoms with Crippen molar-refractivity contribution in [3.63, 3.8) is 0 Å². The largest absolute Gasteiger partial charge is 0.316 e. The van der Waals surface area contributed by atoms with Crippen molar-refractivity contribution in [3.05, 3.63) is 30.1 Å². The van der Waals surface area contributed by atoms with Crippen molar-refractivity contribution in [2.75, 3.05) is 13.1 Å². The molecule has 2 rings (SSSR count). The molecule has 2 nitrogen and oxygen atoms in total. The summed E-state index contributed by atoms with van der Waals surface area (Å²) in [5.74, 6) is 0.926. The van der Waals surface area contributed by atoms with Crippen LogP contribution in [0.2, 0.25) is 0 Å². The molecule has 1 aliphatic carbocycles. The Balaban J connectivity index is 1.59. The first-order chi connectivity index (χ1) is 8.45. The standard InChI is InChI=1S/C15H24N2/c1-2-4-6-15(5-3-1)13-17-12-9-14-7-10-16-11-8-14/h7-8,10-11,15,17H,1-6,9,12-13H2. The maximum atomic E-state index is 4.04. The fourth-order valence-corrected chi connectivity index (χ4v) is 2.66. The molecule has 1 heterocycles. The summed E-state index contributed by atoms with van der Waals surface area (Å²) in [6.45, 7) is 2.31. The number of pyridine rings is 1. The molecule has 0 amide bonds. The van der Waals surface area contributed by atoms with Crippen molar-refractivity contribution in [3.8, 4) is 0 Å². The lowest BCUT2D eigenvalue weighted by Gasteiger charge is -2.14. The minimum Gasteiger partial charge on any atom is -0.316 e. The summed E-state index contributed by atoms with van der Waals surface area (Å²) >= 11 is 0. The molecule has 1 saturated carbocycles. The topological polar surface area (TPSA) is 24.9 Å². The van der Waals surface area contributed by atoms with Gasteiger partial charge >= 0.3 is 0 Å². The zero-order valence-electron chi connectivity index (χ0n) is 10.7. The molecule has 1 fully saturated rings. The van der Waals surface area contributed by atoms with E-state index in [0.29, 0.717) is 0 Å². The number of nitrogens with zero attached hydrogens (tertiary/aromatic N) is 1. The van der Waals surface area contributed by atoms with Crippen LogP contribution >= 0.6 is 0 Å². The molecule has 1 aliphatic rings. The first kappa shape index (κ1) is 12.6. The molecular formula is C15H24N2. The summed E-state index contributed by atoms with van der Waals surface area (Å²) in [4.78, 5) is 4.04. The van der Waals surface area contributed by atoms with Crippen LogP contribution in [0.5, 0.6) is 0 Å². The Hall–Kier alpha value is -0.890. The normalized spacial score (nSPS) is 17.9. The van der Waals surface area contributed by atoms with Gasteiger partial charge in [0, 0.05) is 12.4 Å². The van der Waals surface area contributed by atoms with Crippen LogP contribution in [0.3, 0.4) is 0 Å². The summed E-state index contributed by atoms with van der Waals surface area (Å²) in [6.07, 6.45) is 13.5. The Labute approximate surface area is 105 Å². The van der Waals surface area contributed by atoms with Crippen LogP contribution in [0.15, 0.2) is 24.5 Å². The van der Waals surface area contributed by atoms with Crippen molar-refractivity contribution >= 4 is 0 Å². The fourth-order valence-electron chi connectivity index (χ4n) is 2.66. The van der Waals surface area contributed by atoms with Gasteiger partial charge in [0.15, 0.2) is 0 Å². The van der Waals surface area contributed by atoms with Gasteiger partial charge in [-0.15, -0.1) is 0 Å². The van der Waals surface area contributed by atoms with Crippen molar-refractivity contribution in [2.24, 2.45) is 5.92 Å². The smallest absolute Gasteiger partial charge is 0.0270 e. The van der Waals surface area contributed by atoms with Gasteiger partial charge in [-0.05, 0) is 56.0 Å². The number of aromatic nitrogens is 1. The van der Waals surface area contributed by atoms with E-state index in [2.05, 4.69) is 22.4 Å². The van der Waals surface area contributed by atoms with Gasteiger partial charge in [-0.2, -0.15) is 0 Å². The van der Waals surface area contributed by atoms with E-state index in [-0.39, 0.29) is 0 Å². The molecule has 2 heteroatoms. The van der Waals surface area contributed by atoms with E-state index in [9.17, 15) is 0 Å². The number of hydrogen-bond acceptors (Lipinski definition) is 2. The van der Waals surface area contributed by atoms with Crippen LogP contribution in [0, 0.1) is 5.92 Å². The van der Waals surface area contributed by atoms with E-state index in [1.807, 2.05) is 12.4 Å². The third-order valence-electron chi connectivity index (χ3n) is 3.75. The molecule has 0 bridgehead atoms. The molecule has 94 valence electrons. The Kier molecular flexibility index (Phi) is 5.50. The number of hydrogen-bond donors (Lipinski definition) is 1. The molecule has 0 aliphatic heterocycles. The highest BCUT2D eigenvalue weighted by atomic mass is 14.9. The second-order valence-corrected chi connectivity index (χ2v) is 5.17. The molecule has 1 aromatic heterocycles. The second kappa shape index (κ2) is 7.44. The number of nitrogens with one attached hydrogen (secondary N) is 1. The Morgan fingerprint density at radius 2 is 1.76 bits per heavy atom. The predicted molar refractivity (Wildman–Crippen MR) is 72.0 cm³/mol. The summed E-state index contributed by atoms with van der Waals surface area (Å²) in [5.41, 5.74) is 1.38.